The van der Waals surface area contributed by atoms with Crippen molar-refractivity contribution in [1.29, 1.82) is 0 Å². The molecule has 1 rings (SSSR count). The van der Waals surface area contributed by atoms with Gasteiger partial charge in [0, 0.05) is 18.5 Å². The van der Waals surface area contributed by atoms with E-state index in [4.69, 9.17) is 16.2 Å². The predicted octanol–water partition coefficient (Wildman–Crippen LogP) is 0.0960. The molecule has 7 heteroatoms. The van der Waals surface area contributed by atoms with E-state index in [1.54, 1.807) is 6.07 Å². The number of nitrogens with one attached hydrogen (secondary N) is 1. The summed E-state index contributed by atoms with van der Waals surface area (Å²) in [5.41, 5.74) is 10.6. The van der Waals surface area contributed by atoms with Crippen LogP contribution in [0.5, 0.6) is 0 Å². The third-order valence-electron chi connectivity index (χ3n) is 2.08. The Labute approximate surface area is 106 Å². The third-order valence-corrected chi connectivity index (χ3v) is 2.08. The van der Waals surface area contributed by atoms with Crippen LogP contribution in [-0.4, -0.2) is 35.6 Å². The fourth-order valence-electron chi connectivity index (χ4n) is 1.26. The van der Waals surface area contributed by atoms with Gasteiger partial charge in [0.25, 0.3) is 0 Å². The number of hydrogen-bond donors (Lipinski definition) is 3. The van der Waals surface area contributed by atoms with Gasteiger partial charge in [-0.3, -0.25) is 4.79 Å². The zero-order valence-corrected chi connectivity index (χ0v) is 10.6. The zero-order valence-electron chi connectivity index (χ0n) is 10.6. The van der Waals surface area contributed by atoms with Crippen LogP contribution in [0.1, 0.15) is 25.6 Å². The molecule has 0 saturated heterocycles. The van der Waals surface area contributed by atoms with Crippen molar-refractivity contribution in [2.45, 2.75) is 19.8 Å². The van der Waals surface area contributed by atoms with E-state index in [1.807, 2.05) is 13.8 Å². The second kappa shape index (κ2) is 6.75. The van der Waals surface area contributed by atoms with E-state index < -0.39 is 5.91 Å². The molecule has 1 aromatic heterocycles. The number of rotatable bonds is 7. The molecule has 0 bridgehead atoms. The van der Waals surface area contributed by atoms with Crippen molar-refractivity contribution in [2.75, 3.05) is 30.8 Å². The van der Waals surface area contributed by atoms with Crippen molar-refractivity contribution in [3.05, 3.63) is 11.9 Å². The van der Waals surface area contributed by atoms with Crippen LogP contribution in [0.3, 0.4) is 0 Å². The lowest BCUT2D eigenvalue weighted by atomic mass is 10.2. The number of hydrogen-bond acceptors (Lipinski definition) is 6. The molecule has 1 aromatic rings. The van der Waals surface area contributed by atoms with Crippen molar-refractivity contribution in [3.63, 3.8) is 0 Å². The SMILES string of the molecule is CC(C)c1nc(N)cc(NCCOCC(N)=O)n1. The van der Waals surface area contributed by atoms with Gasteiger partial charge >= 0.3 is 0 Å². The molecule has 0 aliphatic heterocycles. The summed E-state index contributed by atoms with van der Waals surface area (Å²) in [4.78, 5) is 18.9. The number of ether oxygens (including phenoxy) is 1. The highest BCUT2D eigenvalue weighted by atomic mass is 16.5. The summed E-state index contributed by atoms with van der Waals surface area (Å²) >= 11 is 0. The summed E-state index contributed by atoms with van der Waals surface area (Å²) < 4.78 is 5.01. The van der Waals surface area contributed by atoms with Gasteiger partial charge in [-0.15, -0.1) is 0 Å². The lowest BCUT2D eigenvalue weighted by molar-refractivity contribution is -0.122. The molecule has 0 saturated carbocycles. The highest BCUT2D eigenvalue weighted by Gasteiger charge is 2.06. The normalized spacial score (nSPS) is 10.6. The zero-order chi connectivity index (χ0) is 13.5. The molecule has 100 valence electrons. The summed E-state index contributed by atoms with van der Waals surface area (Å²) in [6.07, 6.45) is 0. The van der Waals surface area contributed by atoms with Gasteiger partial charge in [-0.05, 0) is 0 Å². The average Bonchev–Trinajstić information content (AvgIpc) is 2.27. The van der Waals surface area contributed by atoms with E-state index in [2.05, 4.69) is 15.3 Å². The van der Waals surface area contributed by atoms with Gasteiger partial charge in [0.05, 0.1) is 6.61 Å². The van der Waals surface area contributed by atoms with Gasteiger partial charge in [0.15, 0.2) is 0 Å². The van der Waals surface area contributed by atoms with Crippen molar-refractivity contribution >= 4 is 17.5 Å². The average molecular weight is 253 g/mol. The summed E-state index contributed by atoms with van der Waals surface area (Å²) in [6.45, 7) is 4.79. The number of amides is 1. The molecular weight excluding hydrogens is 234 g/mol. The minimum absolute atomic E-state index is 0.0785. The molecule has 0 aliphatic carbocycles. The molecule has 0 spiro atoms. The van der Waals surface area contributed by atoms with Gasteiger partial charge in [-0.1, -0.05) is 13.8 Å². The molecule has 5 N–H and O–H groups in total. The lowest BCUT2D eigenvalue weighted by Gasteiger charge is -2.10. The van der Waals surface area contributed by atoms with Crippen LogP contribution >= 0.6 is 0 Å². The molecule has 0 atom stereocenters. The number of aromatic nitrogens is 2. The Morgan fingerprint density at radius 2 is 2.22 bits per heavy atom. The molecule has 0 aliphatic rings. The number of carbonyl (C=O) groups excluding carboxylic acids is 1. The second-order valence-electron chi connectivity index (χ2n) is 4.14. The Balaban J connectivity index is 2.44. The number of nitrogen functional groups attached to an aromatic ring is 1. The van der Waals surface area contributed by atoms with Gasteiger partial charge < -0.3 is 21.5 Å². The van der Waals surface area contributed by atoms with Crippen molar-refractivity contribution in [2.24, 2.45) is 5.73 Å². The maximum absolute atomic E-state index is 10.4. The Bertz CT molecular complexity index is 408. The van der Waals surface area contributed by atoms with E-state index in [0.29, 0.717) is 30.6 Å². The molecule has 1 heterocycles. The van der Waals surface area contributed by atoms with E-state index in [-0.39, 0.29) is 12.5 Å². The number of nitrogens with zero attached hydrogens (tertiary/aromatic N) is 2. The summed E-state index contributed by atoms with van der Waals surface area (Å²) in [5, 5.41) is 3.05. The van der Waals surface area contributed by atoms with E-state index >= 15 is 0 Å². The maximum Gasteiger partial charge on any atom is 0.243 e. The Kier molecular flexibility index (Phi) is 5.31. The molecule has 18 heavy (non-hydrogen) atoms. The summed E-state index contributed by atoms with van der Waals surface area (Å²) in [5.74, 6) is 1.49. The minimum Gasteiger partial charge on any atom is -0.384 e. The third kappa shape index (κ3) is 4.96. The molecule has 1 amide bonds. The first-order valence-corrected chi connectivity index (χ1v) is 5.73. The number of nitrogens with two attached hydrogens (primary N) is 2. The van der Waals surface area contributed by atoms with Gasteiger partial charge in [-0.2, -0.15) is 0 Å². The molecule has 0 fully saturated rings. The Hall–Kier alpha value is -1.89. The fraction of sp³-hybridized carbons (Fsp3) is 0.545. The first-order chi connectivity index (χ1) is 8.49. The standard InChI is InChI=1S/C11H19N5O2/c1-7(2)11-15-8(12)5-10(16-11)14-3-4-18-6-9(13)17/h5,7H,3-4,6H2,1-2H3,(H2,13,17)(H3,12,14,15,16). The second-order valence-corrected chi connectivity index (χ2v) is 4.14. The van der Waals surface area contributed by atoms with E-state index in [1.165, 1.54) is 0 Å². The molecule has 7 nitrogen and oxygen atoms in total. The van der Waals surface area contributed by atoms with Crippen LogP contribution in [0.15, 0.2) is 6.07 Å². The first-order valence-electron chi connectivity index (χ1n) is 5.73. The van der Waals surface area contributed by atoms with Crippen molar-refractivity contribution < 1.29 is 9.53 Å². The number of anilines is 2. The smallest absolute Gasteiger partial charge is 0.243 e. The maximum atomic E-state index is 10.4. The van der Waals surface area contributed by atoms with Crippen molar-refractivity contribution in [1.82, 2.24) is 9.97 Å². The van der Waals surface area contributed by atoms with Crippen LogP contribution in [0.4, 0.5) is 11.6 Å². The predicted molar refractivity (Wildman–Crippen MR) is 69.0 cm³/mol. The van der Waals surface area contributed by atoms with Crippen LogP contribution in [-0.2, 0) is 9.53 Å². The fourth-order valence-corrected chi connectivity index (χ4v) is 1.26. The van der Waals surface area contributed by atoms with Gasteiger partial charge in [0.1, 0.15) is 24.1 Å². The van der Waals surface area contributed by atoms with Gasteiger partial charge in [-0.25, -0.2) is 9.97 Å². The highest BCUT2D eigenvalue weighted by molar-refractivity contribution is 5.74. The van der Waals surface area contributed by atoms with Crippen molar-refractivity contribution in [3.8, 4) is 0 Å². The molecule has 0 unspecified atom stereocenters. The quantitative estimate of drug-likeness (QED) is 0.593. The molecular formula is C11H19N5O2. The van der Waals surface area contributed by atoms with Crippen LogP contribution < -0.4 is 16.8 Å². The summed E-state index contributed by atoms with van der Waals surface area (Å²) in [7, 11) is 0. The van der Waals surface area contributed by atoms with Gasteiger partial charge in [0.2, 0.25) is 5.91 Å². The van der Waals surface area contributed by atoms with Crippen LogP contribution in [0, 0.1) is 0 Å². The summed E-state index contributed by atoms with van der Waals surface area (Å²) in [6, 6.07) is 1.65. The highest BCUT2D eigenvalue weighted by Crippen LogP contribution is 2.14. The molecule has 0 radical (unpaired) electrons. The minimum atomic E-state index is -0.483. The van der Waals surface area contributed by atoms with Crippen LogP contribution in [0.25, 0.3) is 0 Å². The van der Waals surface area contributed by atoms with E-state index in [9.17, 15) is 4.79 Å². The first kappa shape index (κ1) is 14.2. The Morgan fingerprint density at radius 1 is 1.50 bits per heavy atom. The van der Waals surface area contributed by atoms with Crippen LogP contribution in [0.2, 0.25) is 0 Å². The number of primary amides is 1. The number of carbonyl (C=O) groups is 1. The lowest BCUT2D eigenvalue weighted by Crippen LogP contribution is -2.21. The topological polar surface area (TPSA) is 116 Å². The van der Waals surface area contributed by atoms with E-state index in [0.717, 1.165) is 0 Å². The monoisotopic (exact) mass is 253 g/mol. The largest absolute Gasteiger partial charge is 0.384 e. The Morgan fingerprint density at radius 3 is 2.83 bits per heavy atom. The molecule has 0 aromatic carbocycles.